The SMILES string of the molecule is CN(Cc1cccc(Cl)c1Cl)C(=O)Nc1cccc(OCCn2cccn2)c1. The number of hydrogen-bond acceptors (Lipinski definition) is 3. The number of benzene rings is 2. The van der Waals surface area contributed by atoms with Crippen molar-refractivity contribution in [1.82, 2.24) is 14.7 Å². The van der Waals surface area contributed by atoms with E-state index in [-0.39, 0.29) is 6.03 Å². The normalized spacial score (nSPS) is 10.5. The zero-order chi connectivity index (χ0) is 19.9. The van der Waals surface area contributed by atoms with Gasteiger partial charge in [0.2, 0.25) is 0 Å². The monoisotopic (exact) mass is 418 g/mol. The van der Waals surface area contributed by atoms with E-state index in [4.69, 9.17) is 27.9 Å². The Labute approximate surface area is 173 Å². The molecule has 0 unspecified atom stereocenters. The molecule has 0 aliphatic carbocycles. The van der Waals surface area contributed by atoms with Crippen molar-refractivity contribution in [3.8, 4) is 5.75 Å². The molecule has 1 heterocycles. The lowest BCUT2D eigenvalue weighted by Gasteiger charge is -2.19. The van der Waals surface area contributed by atoms with Crippen LogP contribution in [0.25, 0.3) is 0 Å². The van der Waals surface area contributed by atoms with E-state index >= 15 is 0 Å². The lowest BCUT2D eigenvalue weighted by Crippen LogP contribution is -2.30. The standard InChI is InChI=1S/C20H20Cl2N4O2/c1-25(14-15-5-2-8-18(21)19(15)22)20(27)24-16-6-3-7-17(13-16)28-12-11-26-10-4-9-23-26/h2-10,13H,11-12,14H2,1H3,(H,24,27). The van der Waals surface area contributed by atoms with E-state index in [0.717, 1.165) is 5.56 Å². The molecule has 1 N–H and O–H groups in total. The van der Waals surface area contributed by atoms with Crippen molar-refractivity contribution in [1.29, 1.82) is 0 Å². The first-order valence-electron chi connectivity index (χ1n) is 8.68. The second-order valence-electron chi connectivity index (χ2n) is 6.14. The lowest BCUT2D eigenvalue weighted by atomic mass is 10.2. The van der Waals surface area contributed by atoms with Crippen molar-refractivity contribution in [2.24, 2.45) is 0 Å². The Morgan fingerprint density at radius 1 is 1.21 bits per heavy atom. The molecule has 0 bridgehead atoms. The first-order chi connectivity index (χ1) is 13.5. The van der Waals surface area contributed by atoms with E-state index in [2.05, 4.69) is 10.4 Å². The van der Waals surface area contributed by atoms with Gasteiger partial charge in [0.05, 0.1) is 16.6 Å². The molecule has 0 atom stereocenters. The number of halogens is 2. The molecule has 6 nitrogen and oxygen atoms in total. The van der Waals surface area contributed by atoms with E-state index in [1.54, 1.807) is 42.2 Å². The number of rotatable bonds is 7. The Hall–Kier alpha value is -2.70. The molecule has 0 aliphatic heterocycles. The Kier molecular flexibility index (Phi) is 6.79. The molecule has 146 valence electrons. The Bertz CT molecular complexity index is 932. The number of urea groups is 1. The summed E-state index contributed by atoms with van der Waals surface area (Å²) in [5.74, 6) is 0.672. The molecule has 3 aromatic rings. The van der Waals surface area contributed by atoms with Crippen LogP contribution in [0.15, 0.2) is 60.9 Å². The average Bonchev–Trinajstić information content (AvgIpc) is 3.19. The Morgan fingerprint density at radius 2 is 2.04 bits per heavy atom. The van der Waals surface area contributed by atoms with E-state index in [9.17, 15) is 4.79 Å². The number of nitrogens with zero attached hydrogens (tertiary/aromatic N) is 3. The van der Waals surface area contributed by atoms with Gasteiger partial charge in [0.1, 0.15) is 12.4 Å². The van der Waals surface area contributed by atoms with Crippen molar-refractivity contribution in [2.45, 2.75) is 13.1 Å². The van der Waals surface area contributed by atoms with Crippen LogP contribution in [0.5, 0.6) is 5.75 Å². The highest BCUT2D eigenvalue weighted by Crippen LogP contribution is 2.26. The summed E-state index contributed by atoms with van der Waals surface area (Å²) in [5, 5.41) is 7.90. The van der Waals surface area contributed by atoms with Gasteiger partial charge in [-0.25, -0.2) is 4.79 Å². The second kappa shape index (κ2) is 9.48. The lowest BCUT2D eigenvalue weighted by molar-refractivity contribution is 0.220. The molecule has 3 rings (SSSR count). The first kappa shape index (κ1) is 20.0. The van der Waals surface area contributed by atoms with Gasteiger partial charge < -0.3 is 15.0 Å². The van der Waals surface area contributed by atoms with E-state index < -0.39 is 0 Å². The fraction of sp³-hybridized carbons (Fsp3) is 0.200. The Balaban J connectivity index is 1.55. The van der Waals surface area contributed by atoms with Crippen molar-refractivity contribution in [3.63, 3.8) is 0 Å². The molecule has 1 aromatic heterocycles. The smallest absolute Gasteiger partial charge is 0.321 e. The quantitative estimate of drug-likeness (QED) is 0.591. The number of carbonyl (C=O) groups excluding carboxylic acids is 1. The van der Waals surface area contributed by atoms with Gasteiger partial charge in [0.15, 0.2) is 0 Å². The Morgan fingerprint density at radius 3 is 2.82 bits per heavy atom. The number of amides is 2. The first-order valence-corrected chi connectivity index (χ1v) is 9.44. The van der Waals surface area contributed by atoms with Gasteiger partial charge in [0.25, 0.3) is 0 Å². The van der Waals surface area contributed by atoms with Crippen molar-refractivity contribution >= 4 is 34.9 Å². The van der Waals surface area contributed by atoms with Gasteiger partial charge in [-0.05, 0) is 29.8 Å². The van der Waals surface area contributed by atoms with Crippen molar-refractivity contribution < 1.29 is 9.53 Å². The molecular formula is C20H20Cl2N4O2. The summed E-state index contributed by atoms with van der Waals surface area (Å²) in [6, 6.07) is 14.2. The molecule has 2 amide bonds. The molecule has 28 heavy (non-hydrogen) atoms. The maximum atomic E-state index is 12.5. The summed E-state index contributed by atoms with van der Waals surface area (Å²) in [4.78, 5) is 14.0. The molecule has 2 aromatic carbocycles. The zero-order valence-electron chi connectivity index (χ0n) is 15.3. The topological polar surface area (TPSA) is 59.4 Å². The fourth-order valence-electron chi connectivity index (χ4n) is 2.57. The highest BCUT2D eigenvalue weighted by atomic mass is 35.5. The minimum Gasteiger partial charge on any atom is -0.492 e. The van der Waals surface area contributed by atoms with Crippen LogP contribution >= 0.6 is 23.2 Å². The number of nitrogens with one attached hydrogen (secondary N) is 1. The molecule has 0 saturated heterocycles. The third-order valence-electron chi connectivity index (χ3n) is 4.02. The van der Waals surface area contributed by atoms with Crippen molar-refractivity contribution in [3.05, 3.63) is 76.5 Å². The van der Waals surface area contributed by atoms with Crippen LogP contribution in [0.4, 0.5) is 10.5 Å². The third kappa shape index (κ3) is 5.41. The summed E-state index contributed by atoms with van der Waals surface area (Å²) in [6.07, 6.45) is 3.60. The van der Waals surface area contributed by atoms with Gasteiger partial charge >= 0.3 is 6.03 Å². The fourth-order valence-corrected chi connectivity index (χ4v) is 2.95. The number of ether oxygens (including phenoxy) is 1. The van der Waals surface area contributed by atoms with E-state index in [1.165, 1.54) is 4.90 Å². The van der Waals surface area contributed by atoms with E-state index in [1.807, 2.05) is 30.5 Å². The summed E-state index contributed by atoms with van der Waals surface area (Å²) >= 11 is 12.2. The predicted molar refractivity (Wildman–Crippen MR) is 111 cm³/mol. The van der Waals surface area contributed by atoms with Crippen LogP contribution in [-0.2, 0) is 13.1 Å². The van der Waals surface area contributed by atoms with E-state index in [0.29, 0.717) is 41.2 Å². The van der Waals surface area contributed by atoms with Gasteiger partial charge in [-0.15, -0.1) is 0 Å². The molecule has 0 spiro atoms. The van der Waals surface area contributed by atoms with Crippen LogP contribution < -0.4 is 10.1 Å². The maximum Gasteiger partial charge on any atom is 0.321 e. The van der Waals surface area contributed by atoms with Crippen LogP contribution in [-0.4, -0.2) is 34.4 Å². The predicted octanol–water partition coefficient (Wildman–Crippen LogP) is 4.93. The average molecular weight is 419 g/mol. The van der Waals surface area contributed by atoms with Crippen LogP contribution in [0.1, 0.15) is 5.56 Å². The highest BCUT2D eigenvalue weighted by Gasteiger charge is 2.13. The molecule has 0 radical (unpaired) electrons. The number of carbonyl (C=O) groups is 1. The summed E-state index contributed by atoms with van der Waals surface area (Å²) < 4.78 is 7.52. The minimum absolute atomic E-state index is 0.260. The summed E-state index contributed by atoms with van der Waals surface area (Å²) in [6.45, 7) is 1.46. The maximum absolute atomic E-state index is 12.5. The molecule has 0 fully saturated rings. The molecule has 0 aliphatic rings. The highest BCUT2D eigenvalue weighted by molar-refractivity contribution is 6.42. The second-order valence-corrected chi connectivity index (χ2v) is 6.93. The van der Waals surface area contributed by atoms with Gasteiger partial charge in [-0.1, -0.05) is 41.4 Å². The van der Waals surface area contributed by atoms with Gasteiger partial charge in [-0.2, -0.15) is 5.10 Å². The minimum atomic E-state index is -0.260. The third-order valence-corrected chi connectivity index (χ3v) is 4.88. The number of aromatic nitrogens is 2. The molecule has 0 saturated carbocycles. The van der Waals surface area contributed by atoms with Gasteiger partial charge in [0, 0.05) is 37.7 Å². The van der Waals surface area contributed by atoms with Crippen LogP contribution in [0, 0.1) is 0 Å². The van der Waals surface area contributed by atoms with Gasteiger partial charge in [-0.3, -0.25) is 4.68 Å². The van der Waals surface area contributed by atoms with Crippen LogP contribution in [0.3, 0.4) is 0 Å². The zero-order valence-corrected chi connectivity index (χ0v) is 16.8. The molecule has 8 heteroatoms. The largest absolute Gasteiger partial charge is 0.492 e. The molecular weight excluding hydrogens is 399 g/mol. The summed E-state index contributed by atoms with van der Waals surface area (Å²) in [7, 11) is 1.69. The van der Waals surface area contributed by atoms with Crippen LogP contribution in [0.2, 0.25) is 10.0 Å². The van der Waals surface area contributed by atoms with Crippen molar-refractivity contribution in [2.75, 3.05) is 19.0 Å². The number of hydrogen-bond donors (Lipinski definition) is 1. The summed E-state index contributed by atoms with van der Waals surface area (Å²) in [5.41, 5.74) is 1.42. The number of anilines is 1.